The van der Waals surface area contributed by atoms with Gasteiger partial charge in [0.25, 0.3) is 5.91 Å². The highest BCUT2D eigenvalue weighted by Gasteiger charge is 2.11. The van der Waals surface area contributed by atoms with E-state index in [1.165, 1.54) is 5.56 Å². The maximum absolute atomic E-state index is 12.3. The second kappa shape index (κ2) is 8.15. The number of hydrogen-bond acceptors (Lipinski definition) is 4. The number of aryl methyl sites for hydroxylation is 2. The number of carbonyl (C=O) groups is 1. The van der Waals surface area contributed by atoms with Crippen LogP contribution in [0.15, 0.2) is 53.9 Å². The first kappa shape index (κ1) is 18.1. The van der Waals surface area contributed by atoms with Gasteiger partial charge in [-0.2, -0.15) is 0 Å². The van der Waals surface area contributed by atoms with Gasteiger partial charge in [-0.25, -0.2) is 4.98 Å². The zero-order chi connectivity index (χ0) is 18.5. The summed E-state index contributed by atoms with van der Waals surface area (Å²) in [7, 11) is 1.80. The Labute approximate surface area is 158 Å². The van der Waals surface area contributed by atoms with Crippen molar-refractivity contribution in [3.63, 3.8) is 0 Å². The van der Waals surface area contributed by atoms with Crippen molar-refractivity contribution >= 4 is 17.2 Å². The van der Waals surface area contributed by atoms with E-state index in [-0.39, 0.29) is 12.5 Å². The molecule has 134 valence electrons. The monoisotopic (exact) mass is 366 g/mol. The summed E-state index contributed by atoms with van der Waals surface area (Å²) in [5.74, 6) is 0.632. The zero-order valence-electron chi connectivity index (χ0n) is 15.2. The number of hydrogen-bond donors (Lipinski definition) is 0. The molecule has 0 aliphatic heterocycles. The molecular formula is C21H22N2O2S. The van der Waals surface area contributed by atoms with Crippen molar-refractivity contribution in [1.82, 2.24) is 9.88 Å². The van der Waals surface area contributed by atoms with Crippen LogP contribution in [0, 0.1) is 13.8 Å². The highest BCUT2D eigenvalue weighted by Crippen LogP contribution is 2.25. The minimum Gasteiger partial charge on any atom is -0.484 e. The summed E-state index contributed by atoms with van der Waals surface area (Å²) in [6, 6.07) is 15.8. The SMILES string of the molecule is Cc1csc(-c2ccc(OCC(=O)N(C)Cc3ccccc3C)cc2)n1. The molecule has 0 aliphatic carbocycles. The molecule has 3 aromatic rings. The molecule has 0 saturated heterocycles. The maximum atomic E-state index is 12.3. The molecular weight excluding hydrogens is 344 g/mol. The van der Waals surface area contributed by atoms with Crippen LogP contribution >= 0.6 is 11.3 Å². The van der Waals surface area contributed by atoms with Crippen molar-refractivity contribution in [2.24, 2.45) is 0 Å². The molecule has 0 unspecified atom stereocenters. The smallest absolute Gasteiger partial charge is 0.260 e. The second-order valence-electron chi connectivity index (χ2n) is 6.28. The molecule has 0 fully saturated rings. The van der Waals surface area contributed by atoms with Gasteiger partial charge in [0.15, 0.2) is 6.61 Å². The van der Waals surface area contributed by atoms with Gasteiger partial charge in [-0.1, -0.05) is 24.3 Å². The molecule has 3 rings (SSSR count). The fourth-order valence-electron chi connectivity index (χ4n) is 2.57. The highest BCUT2D eigenvalue weighted by atomic mass is 32.1. The van der Waals surface area contributed by atoms with Crippen LogP contribution in [0.25, 0.3) is 10.6 Å². The second-order valence-corrected chi connectivity index (χ2v) is 7.14. The zero-order valence-corrected chi connectivity index (χ0v) is 16.0. The molecule has 1 aromatic heterocycles. The number of nitrogens with zero attached hydrogens (tertiary/aromatic N) is 2. The molecule has 0 spiro atoms. The quantitative estimate of drug-likeness (QED) is 0.647. The number of aromatic nitrogens is 1. The van der Waals surface area contributed by atoms with Crippen LogP contribution in [-0.2, 0) is 11.3 Å². The van der Waals surface area contributed by atoms with Crippen LogP contribution in [0.2, 0.25) is 0 Å². The molecule has 0 atom stereocenters. The molecule has 0 bridgehead atoms. The third kappa shape index (κ3) is 4.49. The van der Waals surface area contributed by atoms with Crippen molar-refractivity contribution < 1.29 is 9.53 Å². The van der Waals surface area contributed by atoms with Crippen LogP contribution < -0.4 is 4.74 Å². The third-order valence-electron chi connectivity index (χ3n) is 4.18. The van der Waals surface area contributed by atoms with Gasteiger partial charge in [-0.05, 0) is 49.2 Å². The first-order chi connectivity index (χ1) is 12.5. The number of rotatable bonds is 6. The van der Waals surface area contributed by atoms with Crippen molar-refractivity contribution in [2.75, 3.05) is 13.7 Å². The third-order valence-corrected chi connectivity index (χ3v) is 5.19. The summed E-state index contributed by atoms with van der Waals surface area (Å²) in [6.45, 7) is 4.64. The van der Waals surface area contributed by atoms with Gasteiger partial charge < -0.3 is 9.64 Å². The van der Waals surface area contributed by atoms with E-state index in [2.05, 4.69) is 18.0 Å². The summed E-state index contributed by atoms with van der Waals surface area (Å²) in [6.07, 6.45) is 0. The minimum atomic E-state index is -0.0483. The summed E-state index contributed by atoms with van der Waals surface area (Å²) >= 11 is 1.62. The van der Waals surface area contributed by atoms with Crippen LogP contribution in [-0.4, -0.2) is 29.4 Å². The van der Waals surface area contributed by atoms with E-state index < -0.39 is 0 Å². The van der Waals surface area contributed by atoms with Crippen LogP contribution in [0.1, 0.15) is 16.8 Å². The Hall–Kier alpha value is -2.66. The van der Waals surface area contributed by atoms with Crippen molar-refractivity contribution in [3.05, 3.63) is 70.7 Å². The standard InChI is InChI=1S/C21H22N2O2S/c1-15-6-4-5-7-18(15)12-23(3)20(24)13-25-19-10-8-17(9-11-19)21-22-16(2)14-26-21/h4-11,14H,12-13H2,1-3H3. The van der Waals surface area contributed by atoms with E-state index in [4.69, 9.17) is 4.74 Å². The number of thiazole rings is 1. The first-order valence-corrected chi connectivity index (χ1v) is 9.35. The number of amides is 1. The van der Waals surface area contributed by atoms with Crippen LogP contribution in [0.3, 0.4) is 0 Å². The van der Waals surface area contributed by atoms with E-state index in [1.807, 2.05) is 54.8 Å². The van der Waals surface area contributed by atoms with Crippen LogP contribution in [0.5, 0.6) is 5.75 Å². The summed E-state index contributed by atoms with van der Waals surface area (Å²) < 4.78 is 5.64. The van der Waals surface area contributed by atoms with E-state index in [1.54, 1.807) is 23.3 Å². The molecule has 0 aliphatic rings. The average Bonchev–Trinajstić information content (AvgIpc) is 3.08. The Bertz CT molecular complexity index is 887. The average molecular weight is 366 g/mol. The van der Waals surface area contributed by atoms with Gasteiger partial charge in [0.05, 0.1) is 0 Å². The van der Waals surface area contributed by atoms with E-state index in [9.17, 15) is 4.79 Å². The Kier molecular flexibility index (Phi) is 5.68. The first-order valence-electron chi connectivity index (χ1n) is 8.47. The molecule has 26 heavy (non-hydrogen) atoms. The molecule has 0 radical (unpaired) electrons. The maximum Gasteiger partial charge on any atom is 0.260 e. The van der Waals surface area contributed by atoms with Gasteiger partial charge in [0.2, 0.25) is 0 Å². The largest absolute Gasteiger partial charge is 0.484 e. The van der Waals surface area contributed by atoms with Gasteiger partial charge in [0, 0.05) is 30.2 Å². The lowest BCUT2D eigenvalue weighted by atomic mass is 10.1. The summed E-state index contributed by atoms with van der Waals surface area (Å²) in [5, 5.41) is 3.02. The lowest BCUT2D eigenvalue weighted by Gasteiger charge is -2.18. The molecule has 5 heteroatoms. The van der Waals surface area contributed by atoms with E-state index in [0.29, 0.717) is 12.3 Å². The Morgan fingerprint density at radius 3 is 2.50 bits per heavy atom. The lowest BCUT2D eigenvalue weighted by Crippen LogP contribution is -2.31. The summed E-state index contributed by atoms with van der Waals surface area (Å²) in [4.78, 5) is 18.5. The highest BCUT2D eigenvalue weighted by molar-refractivity contribution is 7.13. The van der Waals surface area contributed by atoms with Crippen LogP contribution in [0.4, 0.5) is 0 Å². The molecule has 1 amide bonds. The molecule has 2 aromatic carbocycles. The van der Waals surface area contributed by atoms with Crippen molar-refractivity contribution in [3.8, 4) is 16.3 Å². The molecule has 0 N–H and O–H groups in total. The van der Waals surface area contributed by atoms with Crippen molar-refractivity contribution in [1.29, 1.82) is 0 Å². The van der Waals surface area contributed by atoms with Gasteiger partial charge in [-0.3, -0.25) is 4.79 Å². The number of benzene rings is 2. The van der Waals surface area contributed by atoms with E-state index in [0.717, 1.165) is 21.8 Å². The predicted molar refractivity (Wildman–Crippen MR) is 105 cm³/mol. The minimum absolute atomic E-state index is 0.0259. The van der Waals surface area contributed by atoms with Gasteiger partial charge in [-0.15, -0.1) is 11.3 Å². The normalized spacial score (nSPS) is 10.6. The Balaban J connectivity index is 1.55. The number of carbonyl (C=O) groups excluding carboxylic acids is 1. The number of likely N-dealkylation sites (N-methyl/N-ethyl adjacent to an activating group) is 1. The molecule has 4 nitrogen and oxygen atoms in total. The molecule has 0 saturated carbocycles. The fraction of sp³-hybridized carbons (Fsp3) is 0.238. The lowest BCUT2D eigenvalue weighted by molar-refractivity contribution is -0.132. The summed E-state index contributed by atoms with van der Waals surface area (Å²) in [5.41, 5.74) is 4.40. The van der Waals surface area contributed by atoms with E-state index >= 15 is 0 Å². The van der Waals surface area contributed by atoms with Gasteiger partial charge >= 0.3 is 0 Å². The van der Waals surface area contributed by atoms with Gasteiger partial charge in [0.1, 0.15) is 10.8 Å². The Morgan fingerprint density at radius 2 is 1.85 bits per heavy atom. The fourth-order valence-corrected chi connectivity index (χ4v) is 3.37. The predicted octanol–water partition coefficient (Wildman–Crippen LogP) is 4.46. The topological polar surface area (TPSA) is 42.4 Å². The molecule has 1 heterocycles. The Morgan fingerprint density at radius 1 is 1.12 bits per heavy atom. The number of ether oxygens (including phenoxy) is 1. The van der Waals surface area contributed by atoms with Crippen molar-refractivity contribution in [2.45, 2.75) is 20.4 Å².